The molecule has 1 atom stereocenters. The summed E-state index contributed by atoms with van der Waals surface area (Å²) in [6.45, 7) is 4.63. The third kappa shape index (κ3) is 4.74. The molecule has 1 aliphatic rings. The number of benzene rings is 2. The topological polar surface area (TPSA) is 44.4 Å². The third-order valence-corrected chi connectivity index (χ3v) is 4.96. The predicted molar refractivity (Wildman–Crippen MR) is 103 cm³/mol. The van der Waals surface area contributed by atoms with E-state index in [1.165, 1.54) is 18.4 Å². The lowest BCUT2D eigenvalue weighted by Gasteiger charge is -2.29. The number of amides is 2. The van der Waals surface area contributed by atoms with Crippen molar-refractivity contribution in [2.75, 3.05) is 25.0 Å². The van der Waals surface area contributed by atoms with Crippen LogP contribution in [0.1, 0.15) is 30.0 Å². The average Bonchev–Trinajstić information content (AvgIpc) is 3.13. The van der Waals surface area contributed by atoms with Gasteiger partial charge in [-0.15, -0.1) is 0 Å². The second kappa shape index (κ2) is 8.37. The van der Waals surface area contributed by atoms with Crippen molar-refractivity contribution in [2.45, 2.75) is 25.8 Å². The molecule has 2 aromatic rings. The molecule has 2 aromatic carbocycles. The van der Waals surface area contributed by atoms with Crippen LogP contribution in [0.3, 0.4) is 0 Å². The van der Waals surface area contributed by atoms with Crippen LogP contribution in [-0.2, 0) is 0 Å². The maximum absolute atomic E-state index is 12.3. The standard InChI is InChI=1S/C20H24ClN3O/c1-15-8-10-16(11-9-15)23-20(25)22-14-19(24-12-4-5-13-24)17-6-2-3-7-18(17)21/h2-3,6-11,19H,4-5,12-14H2,1H3,(H2,22,23,25)/t19-/m1/s1. The molecule has 0 radical (unpaired) electrons. The van der Waals surface area contributed by atoms with Gasteiger partial charge in [-0.1, -0.05) is 47.5 Å². The Balaban J connectivity index is 1.65. The Kier molecular flexibility index (Phi) is 5.95. The highest BCUT2D eigenvalue weighted by Crippen LogP contribution is 2.29. The monoisotopic (exact) mass is 357 g/mol. The lowest BCUT2D eigenvalue weighted by Crippen LogP contribution is -2.38. The van der Waals surface area contributed by atoms with Gasteiger partial charge >= 0.3 is 6.03 Å². The molecule has 0 aliphatic carbocycles. The molecule has 1 aliphatic heterocycles. The van der Waals surface area contributed by atoms with Gasteiger partial charge in [0, 0.05) is 17.3 Å². The summed E-state index contributed by atoms with van der Waals surface area (Å²) in [4.78, 5) is 14.7. The highest BCUT2D eigenvalue weighted by molar-refractivity contribution is 6.31. The molecule has 5 heteroatoms. The van der Waals surface area contributed by atoms with E-state index in [4.69, 9.17) is 11.6 Å². The van der Waals surface area contributed by atoms with Crippen molar-refractivity contribution >= 4 is 23.3 Å². The van der Waals surface area contributed by atoms with E-state index in [-0.39, 0.29) is 12.1 Å². The minimum Gasteiger partial charge on any atom is -0.336 e. The second-order valence-corrected chi connectivity index (χ2v) is 6.89. The van der Waals surface area contributed by atoms with E-state index in [9.17, 15) is 4.79 Å². The molecule has 3 rings (SSSR count). The number of hydrogen-bond donors (Lipinski definition) is 2. The number of carbonyl (C=O) groups excluding carboxylic acids is 1. The Morgan fingerprint density at radius 1 is 1.12 bits per heavy atom. The number of carbonyl (C=O) groups is 1. The molecule has 2 N–H and O–H groups in total. The molecule has 1 fully saturated rings. The molecule has 25 heavy (non-hydrogen) atoms. The van der Waals surface area contributed by atoms with Crippen LogP contribution >= 0.6 is 11.6 Å². The van der Waals surface area contributed by atoms with Crippen LogP contribution in [0.25, 0.3) is 0 Å². The molecule has 0 unspecified atom stereocenters. The zero-order valence-electron chi connectivity index (χ0n) is 14.5. The smallest absolute Gasteiger partial charge is 0.319 e. The van der Waals surface area contributed by atoms with E-state index >= 15 is 0 Å². The van der Waals surface area contributed by atoms with E-state index in [2.05, 4.69) is 15.5 Å². The molecule has 1 heterocycles. The number of hydrogen-bond acceptors (Lipinski definition) is 2. The van der Waals surface area contributed by atoms with Crippen molar-refractivity contribution in [1.29, 1.82) is 0 Å². The van der Waals surface area contributed by atoms with Crippen molar-refractivity contribution < 1.29 is 4.79 Å². The SMILES string of the molecule is Cc1ccc(NC(=O)NC[C@H](c2ccccc2Cl)N2CCCC2)cc1. The Morgan fingerprint density at radius 3 is 2.48 bits per heavy atom. The lowest BCUT2D eigenvalue weighted by atomic mass is 10.1. The van der Waals surface area contributed by atoms with E-state index in [1.807, 2.05) is 55.5 Å². The van der Waals surface area contributed by atoms with Crippen LogP contribution in [0.5, 0.6) is 0 Å². The van der Waals surface area contributed by atoms with Gasteiger partial charge < -0.3 is 10.6 Å². The van der Waals surface area contributed by atoms with Crippen molar-refractivity contribution in [2.24, 2.45) is 0 Å². The molecule has 0 spiro atoms. The van der Waals surface area contributed by atoms with Crippen molar-refractivity contribution in [3.05, 3.63) is 64.7 Å². The number of nitrogens with one attached hydrogen (secondary N) is 2. The fourth-order valence-corrected chi connectivity index (χ4v) is 3.50. The Bertz CT molecular complexity index is 711. The number of urea groups is 1. The van der Waals surface area contributed by atoms with Crippen LogP contribution in [0.15, 0.2) is 48.5 Å². The van der Waals surface area contributed by atoms with Gasteiger partial charge in [0.05, 0.1) is 6.04 Å². The average molecular weight is 358 g/mol. The first-order valence-corrected chi connectivity index (χ1v) is 9.11. The van der Waals surface area contributed by atoms with Crippen LogP contribution in [0, 0.1) is 6.92 Å². The Labute approximate surface area is 154 Å². The summed E-state index contributed by atoms with van der Waals surface area (Å²) in [6.07, 6.45) is 2.38. The van der Waals surface area contributed by atoms with Crippen molar-refractivity contribution in [3.8, 4) is 0 Å². The summed E-state index contributed by atoms with van der Waals surface area (Å²) in [5.74, 6) is 0. The van der Waals surface area contributed by atoms with Gasteiger partial charge in [-0.05, 0) is 56.6 Å². The zero-order chi connectivity index (χ0) is 17.6. The largest absolute Gasteiger partial charge is 0.336 e. The van der Waals surface area contributed by atoms with E-state index < -0.39 is 0 Å². The molecular formula is C20H24ClN3O. The molecule has 2 amide bonds. The Hall–Kier alpha value is -2.04. The van der Waals surface area contributed by atoms with Crippen LogP contribution in [-0.4, -0.2) is 30.6 Å². The first kappa shape index (κ1) is 17.8. The first-order chi connectivity index (χ1) is 12.1. The summed E-state index contributed by atoms with van der Waals surface area (Å²) in [5.41, 5.74) is 3.03. The highest BCUT2D eigenvalue weighted by atomic mass is 35.5. The maximum atomic E-state index is 12.3. The number of halogens is 1. The summed E-state index contributed by atoms with van der Waals surface area (Å²) in [6, 6.07) is 15.6. The molecule has 132 valence electrons. The zero-order valence-corrected chi connectivity index (χ0v) is 15.2. The van der Waals surface area contributed by atoms with E-state index in [0.717, 1.165) is 29.4 Å². The van der Waals surface area contributed by atoms with Gasteiger partial charge in [0.1, 0.15) is 0 Å². The second-order valence-electron chi connectivity index (χ2n) is 6.48. The third-order valence-electron chi connectivity index (χ3n) is 4.61. The highest BCUT2D eigenvalue weighted by Gasteiger charge is 2.25. The normalized spacial score (nSPS) is 15.8. The minimum absolute atomic E-state index is 0.0972. The number of nitrogens with zero attached hydrogens (tertiary/aromatic N) is 1. The quantitative estimate of drug-likeness (QED) is 0.820. The number of likely N-dealkylation sites (tertiary alicyclic amines) is 1. The van der Waals surface area contributed by atoms with Gasteiger partial charge in [0.25, 0.3) is 0 Å². The van der Waals surface area contributed by atoms with Crippen molar-refractivity contribution in [3.63, 3.8) is 0 Å². The van der Waals surface area contributed by atoms with E-state index in [0.29, 0.717) is 6.54 Å². The summed E-state index contributed by atoms with van der Waals surface area (Å²) in [5, 5.41) is 6.63. The number of aryl methyl sites for hydroxylation is 1. The van der Waals surface area contributed by atoms with Gasteiger partial charge in [0.15, 0.2) is 0 Å². The molecule has 0 aromatic heterocycles. The predicted octanol–water partition coefficient (Wildman–Crippen LogP) is 4.61. The number of rotatable bonds is 5. The van der Waals surface area contributed by atoms with Gasteiger partial charge in [0.2, 0.25) is 0 Å². The van der Waals surface area contributed by atoms with Gasteiger partial charge in [-0.2, -0.15) is 0 Å². The fraction of sp³-hybridized carbons (Fsp3) is 0.350. The lowest BCUT2D eigenvalue weighted by molar-refractivity contribution is 0.227. The summed E-state index contributed by atoms with van der Waals surface area (Å²) < 4.78 is 0. The van der Waals surface area contributed by atoms with Crippen LogP contribution in [0.4, 0.5) is 10.5 Å². The summed E-state index contributed by atoms with van der Waals surface area (Å²) in [7, 11) is 0. The maximum Gasteiger partial charge on any atom is 0.319 e. The summed E-state index contributed by atoms with van der Waals surface area (Å²) >= 11 is 6.40. The first-order valence-electron chi connectivity index (χ1n) is 8.73. The van der Waals surface area contributed by atoms with E-state index in [1.54, 1.807) is 0 Å². The molecule has 1 saturated heterocycles. The molecule has 4 nitrogen and oxygen atoms in total. The Morgan fingerprint density at radius 2 is 1.80 bits per heavy atom. The molecule has 0 saturated carbocycles. The van der Waals surface area contributed by atoms with Gasteiger partial charge in [-0.25, -0.2) is 4.79 Å². The van der Waals surface area contributed by atoms with Gasteiger partial charge in [-0.3, -0.25) is 4.90 Å². The van der Waals surface area contributed by atoms with Crippen molar-refractivity contribution in [1.82, 2.24) is 10.2 Å². The number of anilines is 1. The van der Waals surface area contributed by atoms with Crippen LogP contribution < -0.4 is 10.6 Å². The van der Waals surface area contributed by atoms with Crippen LogP contribution in [0.2, 0.25) is 5.02 Å². The molecular weight excluding hydrogens is 334 g/mol. The fourth-order valence-electron chi connectivity index (χ4n) is 3.24. The molecule has 0 bridgehead atoms. The minimum atomic E-state index is -0.194.